The van der Waals surface area contributed by atoms with Gasteiger partial charge >= 0.3 is 6.40 Å². The lowest BCUT2D eigenvalue weighted by Crippen LogP contribution is -2.33. The van der Waals surface area contributed by atoms with Crippen LogP contribution in [0, 0.1) is 0 Å². The van der Waals surface area contributed by atoms with Crippen molar-refractivity contribution in [2.45, 2.75) is 5.60 Å². The second-order valence-electron chi connectivity index (χ2n) is 5.97. The fraction of sp³-hybridized carbons (Fsp3) is 0.136. The zero-order valence-electron chi connectivity index (χ0n) is 14.1. The number of ether oxygens (including phenoxy) is 1. The van der Waals surface area contributed by atoms with E-state index in [4.69, 9.17) is 4.74 Å². The Morgan fingerprint density at radius 1 is 0.625 bits per heavy atom. The smallest absolute Gasteiger partial charge is 0.324 e. The highest BCUT2D eigenvalue weighted by molar-refractivity contribution is 5.53. The van der Waals surface area contributed by atoms with Crippen LogP contribution in [-0.4, -0.2) is 25.1 Å². The van der Waals surface area contributed by atoms with Crippen molar-refractivity contribution in [3.63, 3.8) is 0 Å². The van der Waals surface area contributed by atoms with Crippen molar-refractivity contribution in [1.82, 2.24) is 0 Å². The van der Waals surface area contributed by atoms with Crippen LogP contribution in [0.5, 0.6) is 0 Å². The molecule has 3 aromatic rings. The topological polar surface area (TPSA) is 12.2 Å². The standard InChI is InChI=1S/C22H22NO/c1-23(2)18-24-22(19-12-6-3-7-13-19,20-14-8-4-9-15-20)21-16-10-5-11-17-21/h3-18H,1-2H3/q+1. The molecule has 0 saturated heterocycles. The van der Waals surface area contributed by atoms with Gasteiger partial charge in [-0.1, -0.05) is 91.0 Å². The van der Waals surface area contributed by atoms with Crippen molar-refractivity contribution in [3.05, 3.63) is 108 Å². The minimum absolute atomic E-state index is 0.686. The molecule has 0 N–H and O–H groups in total. The van der Waals surface area contributed by atoms with Crippen LogP contribution in [0.1, 0.15) is 16.7 Å². The largest absolute Gasteiger partial charge is 0.429 e. The normalized spacial score (nSPS) is 10.9. The van der Waals surface area contributed by atoms with Crippen molar-refractivity contribution >= 4 is 6.40 Å². The molecule has 0 bridgehead atoms. The fourth-order valence-electron chi connectivity index (χ4n) is 2.91. The van der Waals surface area contributed by atoms with Crippen LogP contribution in [0.3, 0.4) is 0 Å². The fourth-order valence-corrected chi connectivity index (χ4v) is 2.91. The van der Waals surface area contributed by atoms with Gasteiger partial charge in [0.15, 0.2) is 5.60 Å². The summed E-state index contributed by atoms with van der Waals surface area (Å²) in [5, 5.41) is 0. The molecular formula is C22H22NO+. The molecule has 0 fully saturated rings. The van der Waals surface area contributed by atoms with Gasteiger partial charge in [0, 0.05) is 16.7 Å². The average Bonchev–Trinajstić information content (AvgIpc) is 2.65. The molecule has 2 nitrogen and oxygen atoms in total. The monoisotopic (exact) mass is 316 g/mol. The third-order valence-electron chi connectivity index (χ3n) is 3.98. The van der Waals surface area contributed by atoms with Crippen LogP contribution in [0.15, 0.2) is 91.0 Å². The molecular weight excluding hydrogens is 294 g/mol. The molecule has 24 heavy (non-hydrogen) atoms. The summed E-state index contributed by atoms with van der Waals surface area (Å²) < 4.78 is 8.37. The first-order valence-corrected chi connectivity index (χ1v) is 8.07. The minimum atomic E-state index is -0.686. The van der Waals surface area contributed by atoms with Gasteiger partial charge in [-0.15, -0.1) is 0 Å². The van der Waals surface area contributed by atoms with E-state index in [1.54, 1.807) is 6.40 Å². The van der Waals surface area contributed by atoms with Gasteiger partial charge in [0.05, 0.1) is 0 Å². The van der Waals surface area contributed by atoms with E-state index in [0.29, 0.717) is 0 Å². The summed E-state index contributed by atoms with van der Waals surface area (Å²) in [6.07, 6.45) is 1.77. The second kappa shape index (κ2) is 7.14. The molecule has 0 aliphatic carbocycles. The molecule has 0 aromatic heterocycles. The third kappa shape index (κ3) is 3.09. The maximum absolute atomic E-state index is 6.45. The van der Waals surface area contributed by atoms with Gasteiger partial charge in [-0.3, -0.25) is 0 Å². The van der Waals surface area contributed by atoms with E-state index in [2.05, 4.69) is 72.8 Å². The summed E-state index contributed by atoms with van der Waals surface area (Å²) >= 11 is 0. The Bertz CT molecular complexity index is 694. The van der Waals surface area contributed by atoms with E-state index in [-0.39, 0.29) is 0 Å². The molecule has 0 amide bonds. The predicted octanol–water partition coefficient (Wildman–Crippen LogP) is 4.30. The maximum atomic E-state index is 6.45. The molecule has 120 valence electrons. The zero-order valence-corrected chi connectivity index (χ0v) is 14.1. The first-order chi connectivity index (χ1) is 11.7. The Kier molecular flexibility index (Phi) is 4.76. The second-order valence-corrected chi connectivity index (χ2v) is 5.97. The van der Waals surface area contributed by atoms with Crippen LogP contribution in [0.4, 0.5) is 0 Å². The zero-order chi connectivity index (χ0) is 16.8. The van der Waals surface area contributed by atoms with Gasteiger partial charge in [-0.05, 0) is 0 Å². The third-order valence-corrected chi connectivity index (χ3v) is 3.98. The number of hydrogen-bond donors (Lipinski definition) is 0. The molecule has 2 heteroatoms. The molecule has 3 aromatic carbocycles. The molecule has 0 atom stereocenters. The van der Waals surface area contributed by atoms with Crippen molar-refractivity contribution in [2.24, 2.45) is 0 Å². The number of nitrogens with zero attached hydrogens (tertiary/aromatic N) is 1. The van der Waals surface area contributed by atoms with Crippen LogP contribution in [0.2, 0.25) is 0 Å². The van der Waals surface area contributed by atoms with Crippen LogP contribution in [-0.2, 0) is 10.3 Å². The van der Waals surface area contributed by atoms with Gasteiger partial charge < -0.3 is 4.74 Å². The summed E-state index contributed by atoms with van der Waals surface area (Å²) in [6, 6.07) is 31.1. The van der Waals surface area contributed by atoms with Crippen LogP contribution in [0.25, 0.3) is 0 Å². The molecule has 0 radical (unpaired) electrons. The lowest BCUT2D eigenvalue weighted by atomic mass is 9.80. The summed E-state index contributed by atoms with van der Waals surface area (Å²) in [6.45, 7) is 0. The summed E-state index contributed by atoms with van der Waals surface area (Å²) in [7, 11) is 3.93. The van der Waals surface area contributed by atoms with Gasteiger partial charge in [0.25, 0.3) is 0 Å². The first-order valence-electron chi connectivity index (χ1n) is 8.07. The Morgan fingerprint density at radius 2 is 0.958 bits per heavy atom. The molecule has 3 rings (SSSR count). The average molecular weight is 316 g/mol. The highest BCUT2D eigenvalue weighted by Gasteiger charge is 2.38. The maximum Gasteiger partial charge on any atom is 0.324 e. The van der Waals surface area contributed by atoms with E-state index < -0.39 is 5.60 Å². The molecule has 0 saturated carbocycles. The van der Waals surface area contributed by atoms with Crippen LogP contribution < -0.4 is 0 Å². The van der Waals surface area contributed by atoms with E-state index in [0.717, 1.165) is 16.7 Å². The summed E-state index contributed by atoms with van der Waals surface area (Å²) in [5.41, 5.74) is 2.61. The number of benzene rings is 3. The van der Waals surface area contributed by atoms with E-state index >= 15 is 0 Å². The highest BCUT2D eigenvalue weighted by atomic mass is 16.5. The molecule has 0 heterocycles. The van der Waals surface area contributed by atoms with Gasteiger partial charge in [-0.2, -0.15) is 0 Å². The summed E-state index contributed by atoms with van der Waals surface area (Å²) in [4.78, 5) is 0. The molecule has 0 aliphatic rings. The summed E-state index contributed by atoms with van der Waals surface area (Å²) in [5.74, 6) is 0. The molecule has 0 unspecified atom stereocenters. The van der Waals surface area contributed by atoms with Crippen molar-refractivity contribution in [2.75, 3.05) is 14.1 Å². The lowest BCUT2D eigenvalue weighted by Gasteiger charge is -2.33. The molecule has 0 aliphatic heterocycles. The minimum Gasteiger partial charge on any atom is -0.429 e. The highest BCUT2D eigenvalue weighted by Crippen LogP contribution is 2.39. The first kappa shape index (κ1) is 16.0. The number of hydrogen-bond acceptors (Lipinski definition) is 1. The predicted molar refractivity (Wildman–Crippen MR) is 98.5 cm³/mol. The SMILES string of the molecule is C[N+](C)=COC(c1ccccc1)(c1ccccc1)c1ccccc1. The quantitative estimate of drug-likeness (QED) is 0.296. The number of rotatable bonds is 5. The van der Waals surface area contributed by atoms with Gasteiger partial charge in [0.2, 0.25) is 0 Å². The van der Waals surface area contributed by atoms with E-state index in [1.807, 2.05) is 36.9 Å². The Labute approximate surface area is 143 Å². The van der Waals surface area contributed by atoms with Crippen molar-refractivity contribution < 1.29 is 9.31 Å². The Hall–Kier alpha value is -2.87. The molecule has 0 spiro atoms. The van der Waals surface area contributed by atoms with Gasteiger partial charge in [0.1, 0.15) is 14.1 Å². The van der Waals surface area contributed by atoms with Gasteiger partial charge in [-0.25, -0.2) is 4.58 Å². The van der Waals surface area contributed by atoms with E-state index in [9.17, 15) is 0 Å². The Balaban J connectivity index is 2.30. The van der Waals surface area contributed by atoms with Crippen molar-refractivity contribution in [3.8, 4) is 0 Å². The van der Waals surface area contributed by atoms with Crippen LogP contribution >= 0.6 is 0 Å². The lowest BCUT2D eigenvalue weighted by molar-refractivity contribution is -0.469. The van der Waals surface area contributed by atoms with E-state index in [1.165, 1.54) is 0 Å². The Morgan fingerprint density at radius 3 is 1.25 bits per heavy atom. The van der Waals surface area contributed by atoms with Crippen molar-refractivity contribution in [1.29, 1.82) is 0 Å².